The van der Waals surface area contributed by atoms with Crippen molar-refractivity contribution in [2.45, 2.75) is 13.0 Å². The fourth-order valence-electron chi connectivity index (χ4n) is 0.358. The van der Waals surface area contributed by atoms with Gasteiger partial charge in [-0.05, 0) is 6.92 Å². The third kappa shape index (κ3) is 5.30. The van der Waals surface area contributed by atoms with Crippen molar-refractivity contribution in [3.05, 3.63) is 0 Å². The summed E-state index contributed by atoms with van der Waals surface area (Å²) in [6.07, 6.45) is -0.0881. The molecule has 0 spiro atoms. The summed E-state index contributed by atoms with van der Waals surface area (Å²) in [6, 6.07) is 0. The molecule has 0 atom stereocenters. The minimum atomic E-state index is -0.0881. The Bertz CT molecular complexity index is 66.8. The van der Waals surface area contributed by atoms with Crippen LogP contribution in [0.25, 0.3) is 0 Å². The molecule has 0 aromatic rings. The first kappa shape index (κ1) is 10.5. The maximum atomic E-state index is 5.48. The summed E-state index contributed by atoms with van der Waals surface area (Å²) >= 11 is 11.0. The van der Waals surface area contributed by atoms with Gasteiger partial charge in [0.05, 0.1) is 6.10 Å². The molecule has 0 radical (unpaired) electrons. The molecule has 0 aliphatic heterocycles. The monoisotopic (exact) mass is 186 g/mol. The lowest BCUT2D eigenvalue weighted by atomic mass is 10.5. The van der Waals surface area contributed by atoms with Crippen LogP contribution in [-0.4, -0.2) is 31.3 Å². The predicted molar refractivity (Wildman–Crippen MR) is 42.8 cm³/mol. The molecular weight excluding hydrogens is 175 g/mol. The highest BCUT2D eigenvalue weighted by molar-refractivity contribution is 6.21. The van der Waals surface area contributed by atoms with Crippen LogP contribution in [0.3, 0.4) is 0 Å². The van der Waals surface area contributed by atoms with Gasteiger partial charge >= 0.3 is 0 Å². The maximum Gasteiger partial charge on any atom is 0.147 e. The zero-order chi connectivity index (χ0) is 7.82. The second-order valence-corrected chi connectivity index (χ2v) is 2.33. The largest absolute Gasteiger partial charge is 0.356 e. The van der Waals surface area contributed by atoms with Crippen molar-refractivity contribution in [2.24, 2.45) is 0 Å². The van der Waals surface area contributed by atoms with Crippen LogP contribution in [-0.2, 0) is 9.47 Å². The molecule has 0 rings (SSSR count). The zero-order valence-electron chi connectivity index (χ0n) is 5.98. The highest BCUT2D eigenvalue weighted by atomic mass is 35.5. The summed E-state index contributed by atoms with van der Waals surface area (Å²) in [4.78, 5) is 0. The molecule has 0 fully saturated rings. The van der Waals surface area contributed by atoms with E-state index in [0.29, 0.717) is 18.4 Å². The van der Waals surface area contributed by atoms with Crippen molar-refractivity contribution in [1.29, 1.82) is 0 Å². The van der Waals surface area contributed by atoms with Crippen LogP contribution in [0.1, 0.15) is 6.92 Å². The quantitative estimate of drug-likeness (QED) is 0.359. The number of alkyl halides is 2. The smallest absolute Gasteiger partial charge is 0.147 e. The molecule has 10 heavy (non-hydrogen) atoms. The van der Waals surface area contributed by atoms with Gasteiger partial charge in [0, 0.05) is 18.4 Å². The molecule has 0 saturated carbocycles. The van der Waals surface area contributed by atoms with E-state index in [2.05, 4.69) is 0 Å². The number of rotatable bonds is 6. The van der Waals surface area contributed by atoms with Gasteiger partial charge < -0.3 is 9.47 Å². The third-order valence-electron chi connectivity index (χ3n) is 0.935. The van der Waals surface area contributed by atoms with Gasteiger partial charge in [-0.2, -0.15) is 0 Å². The van der Waals surface area contributed by atoms with Gasteiger partial charge in [0.1, 0.15) is 6.79 Å². The van der Waals surface area contributed by atoms with E-state index in [-0.39, 0.29) is 12.9 Å². The van der Waals surface area contributed by atoms with Crippen molar-refractivity contribution in [3.8, 4) is 0 Å². The fourth-order valence-corrected chi connectivity index (χ4v) is 0.866. The van der Waals surface area contributed by atoms with Gasteiger partial charge in [-0.3, -0.25) is 0 Å². The van der Waals surface area contributed by atoms with Crippen LogP contribution < -0.4 is 0 Å². The van der Waals surface area contributed by atoms with Gasteiger partial charge in [0.2, 0.25) is 0 Å². The van der Waals surface area contributed by atoms with Gasteiger partial charge in [-0.1, -0.05) is 0 Å². The fraction of sp³-hybridized carbons (Fsp3) is 1.00. The molecule has 0 bridgehead atoms. The summed E-state index contributed by atoms with van der Waals surface area (Å²) in [5.74, 6) is 0.827. The molecule has 0 unspecified atom stereocenters. The van der Waals surface area contributed by atoms with E-state index in [1.54, 1.807) is 0 Å². The second kappa shape index (κ2) is 7.61. The third-order valence-corrected chi connectivity index (χ3v) is 1.62. The first-order valence-electron chi connectivity index (χ1n) is 3.16. The Morgan fingerprint density at radius 1 is 1.30 bits per heavy atom. The summed E-state index contributed by atoms with van der Waals surface area (Å²) < 4.78 is 10.0. The van der Waals surface area contributed by atoms with E-state index in [9.17, 15) is 0 Å². The van der Waals surface area contributed by atoms with E-state index >= 15 is 0 Å². The summed E-state index contributed by atoms with van der Waals surface area (Å²) in [6.45, 7) is 2.83. The lowest BCUT2D eigenvalue weighted by Gasteiger charge is -2.10. The van der Waals surface area contributed by atoms with Crippen molar-refractivity contribution >= 4 is 23.2 Å². The predicted octanol–water partition coefficient (Wildman–Crippen LogP) is 1.84. The van der Waals surface area contributed by atoms with E-state index < -0.39 is 0 Å². The topological polar surface area (TPSA) is 18.5 Å². The number of hydrogen-bond acceptors (Lipinski definition) is 2. The Kier molecular flexibility index (Phi) is 7.99. The van der Waals surface area contributed by atoms with Crippen LogP contribution in [0, 0.1) is 0 Å². The van der Waals surface area contributed by atoms with Crippen molar-refractivity contribution < 1.29 is 9.47 Å². The maximum absolute atomic E-state index is 5.48. The Balaban J connectivity index is 3.09. The van der Waals surface area contributed by atoms with Gasteiger partial charge in [0.15, 0.2) is 0 Å². The lowest BCUT2D eigenvalue weighted by molar-refractivity contribution is -0.0725. The Labute approximate surface area is 71.4 Å². The summed E-state index contributed by atoms with van der Waals surface area (Å²) in [7, 11) is 0. The van der Waals surface area contributed by atoms with Crippen molar-refractivity contribution in [2.75, 3.05) is 25.2 Å². The Morgan fingerprint density at radius 2 is 1.90 bits per heavy atom. The number of halogens is 2. The van der Waals surface area contributed by atoms with Gasteiger partial charge in [-0.25, -0.2) is 0 Å². The Morgan fingerprint density at radius 3 is 2.30 bits per heavy atom. The molecule has 0 saturated heterocycles. The van der Waals surface area contributed by atoms with Crippen LogP contribution in [0.5, 0.6) is 0 Å². The zero-order valence-corrected chi connectivity index (χ0v) is 7.49. The number of hydrogen-bond donors (Lipinski definition) is 0. The summed E-state index contributed by atoms with van der Waals surface area (Å²) in [5.41, 5.74) is 0. The molecule has 4 heteroatoms. The Hall–Kier alpha value is 0.500. The molecular formula is C6H12Cl2O2. The molecule has 0 aromatic heterocycles. The normalized spacial score (nSPS) is 10.8. The first-order chi connectivity index (χ1) is 4.85. The van der Waals surface area contributed by atoms with Crippen LogP contribution in [0.15, 0.2) is 0 Å². The van der Waals surface area contributed by atoms with Gasteiger partial charge in [0.25, 0.3) is 0 Å². The molecule has 0 aromatic carbocycles. The minimum absolute atomic E-state index is 0.0881. The molecule has 0 amide bonds. The van der Waals surface area contributed by atoms with Gasteiger partial charge in [-0.15, -0.1) is 23.2 Å². The highest BCUT2D eigenvalue weighted by Gasteiger charge is 2.03. The SMILES string of the molecule is CCOCOC(CCl)CCl. The van der Waals surface area contributed by atoms with E-state index in [4.69, 9.17) is 32.7 Å². The van der Waals surface area contributed by atoms with E-state index in [1.165, 1.54) is 0 Å². The average molecular weight is 187 g/mol. The lowest BCUT2D eigenvalue weighted by Crippen LogP contribution is -2.18. The molecule has 0 aliphatic rings. The van der Waals surface area contributed by atoms with Crippen LogP contribution >= 0.6 is 23.2 Å². The highest BCUT2D eigenvalue weighted by Crippen LogP contribution is 1.97. The van der Waals surface area contributed by atoms with Crippen molar-refractivity contribution in [1.82, 2.24) is 0 Å². The summed E-state index contributed by atoms with van der Waals surface area (Å²) in [5, 5.41) is 0. The minimum Gasteiger partial charge on any atom is -0.356 e. The first-order valence-corrected chi connectivity index (χ1v) is 4.23. The van der Waals surface area contributed by atoms with Crippen LogP contribution in [0.4, 0.5) is 0 Å². The molecule has 0 aliphatic carbocycles. The average Bonchev–Trinajstić information content (AvgIpc) is 1.99. The number of ether oxygens (including phenoxy) is 2. The molecule has 0 heterocycles. The molecule has 62 valence electrons. The van der Waals surface area contributed by atoms with E-state index in [1.807, 2.05) is 6.92 Å². The molecule has 2 nitrogen and oxygen atoms in total. The van der Waals surface area contributed by atoms with Crippen LogP contribution in [0.2, 0.25) is 0 Å². The molecule has 0 N–H and O–H groups in total. The van der Waals surface area contributed by atoms with E-state index in [0.717, 1.165) is 0 Å². The standard InChI is InChI=1S/C6H12Cl2O2/c1-2-9-5-10-6(3-7)4-8/h6H,2-5H2,1H3. The van der Waals surface area contributed by atoms with Crippen molar-refractivity contribution in [3.63, 3.8) is 0 Å². The second-order valence-electron chi connectivity index (χ2n) is 1.71.